The molecule has 1 saturated heterocycles. The van der Waals surface area contributed by atoms with Gasteiger partial charge in [0.05, 0.1) is 30.5 Å². The Balaban J connectivity index is 2.27. The van der Waals surface area contributed by atoms with Gasteiger partial charge in [0.25, 0.3) is 0 Å². The molecule has 0 aromatic heterocycles. The number of hydrogen-bond donors (Lipinski definition) is 4. The van der Waals surface area contributed by atoms with Gasteiger partial charge in [-0.3, -0.25) is 4.79 Å². The second kappa shape index (κ2) is 13.0. The summed E-state index contributed by atoms with van der Waals surface area (Å²) in [6, 6.07) is 0. The van der Waals surface area contributed by atoms with Crippen molar-refractivity contribution in [2.24, 2.45) is 0 Å². The fourth-order valence-electron chi connectivity index (χ4n) is 3.01. The summed E-state index contributed by atoms with van der Waals surface area (Å²) in [4.78, 5) is 10.4. The molecule has 1 aliphatic rings. The van der Waals surface area contributed by atoms with Crippen molar-refractivity contribution in [2.45, 2.75) is 95.2 Å². The molecule has 0 amide bonds. The third kappa shape index (κ3) is 9.48. The topological polar surface area (TPSA) is 107 Å². The number of hydrogen-bond acceptors (Lipinski definition) is 5. The minimum Gasteiger partial charge on any atom is -0.481 e. The van der Waals surface area contributed by atoms with Gasteiger partial charge in [0, 0.05) is 12.8 Å². The summed E-state index contributed by atoms with van der Waals surface area (Å²) in [7, 11) is 0. The van der Waals surface area contributed by atoms with E-state index in [0.717, 1.165) is 25.7 Å². The molecule has 150 valence electrons. The van der Waals surface area contributed by atoms with E-state index in [1.807, 2.05) is 12.2 Å². The summed E-state index contributed by atoms with van der Waals surface area (Å²) in [5.41, 5.74) is 0. The summed E-state index contributed by atoms with van der Waals surface area (Å²) in [6.07, 6.45) is 10.2. The molecule has 0 spiro atoms. The Morgan fingerprint density at radius 3 is 2.65 bits per heavy atom. The number of ether oxygens (including phenoxy) is 1. The Kier molecular flexibility index (Phi) is 11.4. The van der Waals surface area contributed by atoms with E-state index in [9.17, 15) is 20.1 Å². The second-order valence-electron chi connectivity index (χ2n) is 6.95. The minimum atomic E-state index is -0.852. The maximum Gasteiger partial charge on any atom is 0.303 e. The third-order valence-electron chi connectivity index (χ3n) is 4.56. The standard InChI is InChI=1S/C20H34O6/c1-2-3-6-10-18-17(23)14-19(26-18)16(22)13-12-15(21)9-7-4-5-8-11-20(24)25/h4,7,12-13,15-19,21-23H,2-3,5-6,8-11,14H2,1H3,(H,24,25)/b7-4-,13-12-/t15-,16+,17+,18-,19+/m1/s1. The van der Waals surface area contributed by atoms with Gasteiger partial charge in [-0.2, -0.15) is 0 Å². The SMILES string of the molecule is CCCCC[C@H]1O[C@H]([C@@H](O)/C=C\[C@H](O)C/C=C\CCCC(=O)O)C[C@@H]1O. The van der Waals surface area contributed by atoms with Crippen molar-refractivity contribution in [3.05, 3.63) is 24.3 Å². The van der Waals surface area contributed by atoms with E-state index in [1.165, 1.54) is 12.2 Å². The van der Waals surface area contributed by atoms with Gasteiger partial charge in [0.15, 0.2) is 0 Å². The van der Waals surface area contributed by atoms with Crippen LogP contribution in [-0.4, -0.2) is 56.9 Å². The molecule has 26 heavy (non-hydrogen) atoms. The molecule has 1 heterocycles. The van der Waals surface area contributed by atoms with Crippen LogP contribution in [0.5, 0.6) is 0 Å². The molecule has 0 unspecified atom stereocenters. The number of aliphatic hydroxyl groups excluding tert-OH is 3. The number of aliphatic carboxylic acids is 1. The van der Waals surface area contributed by atoms with Crippen molar-refractivity contribution in [2.75, 3.05) is 0 Å². The Morgan fingerprint density at radius 1 is 1.19 bits per heavy atom. The van der Waals surface area contributed by atoms with Gasteiger partial charge >= 0.3 is 5.97 Å². The highest BCUT2D eigenvalue weighted by Gasteiger charge is 2.36. The van der Waals surface area contributed by atoms with E-state index in [2.05, 4.69) is 6.92 Å². The Hall–Kier alpha value is -1.21. The first-order valence-corrected chi connectivity index (χ1v) is 9.68. The number of carboxylic acid groups (broad SMARTS) is 1. The van der Waals surface area contributed by atoms with Gasteiger partial charge in [0.1, 0.15) is 0 Å². The van der Waals surface area contributed by atoms with Gasteiger partial charge in [0.2, 0.25) is 0 Å². The predicted molar refractivity (Wildman–Crippen MR) is 99.8 cm³/mol. The molecule has 4 N–H and O–H groups in total. The lowest BCUT2D eigenvalue weighted by atomic mass is 10.0. The summed E-state index contributed by atoms with van der Waals surface area (Å²) in [5, 5.41) is 38.7. The predicted octanol–water partition coefficient (Wildman–Crippen LogP) is 2.56. The van der Waals surface area contributed by atoms with E-state index in [-0.39, 0.29) is 12.5 Å². The van der Waals surface area contributed by atoms with Crippen LogP contribution in [-0.2, 0) is 9.53 Å². The Bertz CT molecular complexity index is 448. The van der Waals surface area contributed by atoms with Crippen LogP contribution in [0.1, 0.15) is 64.7 Å². The number of carboxylic acids is 1. The molecule has 6 nitrogen and oxygen atoms in total. The summed E-state index contributed by atoms with van der Waals surface area (Å²) >= 11 is 0. The first-order valence-electron chi connectivity index (χ1n) is 9.68. The Morgan fingerprint density at radius 2 is 1.96 bits per heavy atom. The number of aliphatic hydroxyl groups is 3. The lowest BCUT2D eigenvalue weighted by Crippen LogP contribution is -2.25. The highest BCUT2D eigenvalue weighted by molar-refractivity contribution is 5.66. The number of allylic oxidation sites excluding steroid dienone is 1. The van der Waals surface area contributed by atoms with Crippen LogP contribution in [0.25, 0.3) is 0 Å². The lowest BCUT2D eigenvalue weighted by Gasteiger charge is -2.17. The van der Waals surface area contributed by atoms with Crippen molar-refractivity contribution < 1.29 is 30.0 Å². The smallest absolute Gasteiger partial charge is 0.303 e. The average Bonchev–Trinajstić information content (AvgIpc) is 2.97. The monoisotopic (exact) mass is 370 g/mol. The molecule has 1 fully saturated rings. The van der Waals surface area contributed by atoms with Crippen molar-refractivity contribution in [1.29, 1.82) is 0 Å². The Labute approximate surface area is 156 Å². The molecule has 0 saturated carbocycles. The van der Waals surface area contributed by atoms with Crippen molar-refractivity contribution in [3.63, 3.8) is 0 Å². The first-order chi connectivity index (χ1) is 12.4. The normalized spacial score (nSPS) is 25.9. The molecule has 1 rings (SSSR count). The largest absolute Gasteiger partial charge is 0.481 e. The van der Waals surface area contributed by atoms with Gasteiger partial charge in [-0.1, -0.05) is 50.5 Å². The molecule has 0 aliphatic carbocycles. The minimum absolute atomic E-state index is 0.145. The lowest BCUT2D eigenvalue weighted by molar-refractivity contribution is -0.137. The molecule has 0 aromatic rings. The highest BCUT2D eigenvalue weighted by atomic mass is 16.5. The van der Waals surface area contributed by atoms with E-state index < -0.39 is 30.4 Å². The van der Waals surface area contributed by atoms with E-state index in [1.54, 1.807) is 0 Å². The number of carbonyl (C=O) groups is 1. The quantitative estimate of drug-likeness (QED) is 0.293. The zero-order valence-electron chi connectivity index (χ0n) is 15.7. The molecular formula is C20H34O6. The molecule has 5 atom stereocenters. The van der Waals surface area contributed by atoms with E-state index in [0.29, 0.717) is 25.7 Å². The molecule has 0 radical (unpaired) electrons. The maximum atomic E-state index is 10.4. The van der Waals surface area contributed by atoms with Crippen molar-refractivity contribution in [1.82, 2.24) is 0 Å². The number of rotatable bonds is 13. The zero-order valence-corrected chi connectivity index (χ0v) is 15.7. The molecule has 1 aliphatic heterocycles. The van der Waals surface area contributed by atoms with Crippen LogP contribution in [0.2, 0.25) is 0 Å². The summed E-state index contributed by atoms with van der Waals surface area (Å²) in [6.45, 7) is 2.12. The summed E-state index contributed by atoms with van der Waals surface area (Å²) in [5.74, 6) is -0.804. The van der Waals surface area contributed by atoms with Crippen molar-refractivity contribution in [3.8, 4) is 0 Å². The molecule has 6 heteroatoms. The van der Waals surface area contributed by atoms with Crippen LogP contribution < -0.4 is 0 Å². The molecular weight excluding hydrogens is 336 g/mol. The fraction of sp³-hybridized carbons (Fsp3) is 0.750. The van der Waals surface area contributed by atoms with Crippen molar-refractivity contribution >= 4 is 5.97 Å². The van der Waals surface area contributed by atoms with Gasteiger partial charge in [-0.15, -0.1) is 0 Å². The highest BCUT2D eigenvalue weighted by Crippen LogP contribution is 2.27. The average molecular weight is 370 g/mol. The second-order valence-corrected chi connectivity index (χ2v) is 6.95. The zero-order chi connectivity index (χ0) is 19.4. The van der Waals surface area contributed by atoms with Crippen LogP contribution in [0.3, 0.4) is 0 Å². The van der Waals surface area contributed by atoms with Gasteiger partial charge < -0.3 is 25.2 Å². The fourth-order valence-corrected chi connectivity index (χ4v) is 3.01. The van der Waals surface area contributed by atoms with Crippen LogP contribution in [0.15, 0.2) is 24.3 Å². The first kappa shape index (κ1) is 22.8. The van der Waals surface area contributed by atoms with Gasteiger partial charge in [-0.05, 0) is 25.7 Å². The molecule has 0 aromatic carbocycles. The maximum absolute atomic E-state index is 10.4. The van der Waals surface area contributed by atoms with Crippen LogP contribution in [0, 0.1) is 0 Å². The van der Waals surface area contributed by atoms with Gasteiger partial charge in [-0.25, -0.2) is 0 Å². The number of unbranched alkanes of at least 4 members (excludes halogenated alkanes) is 3. The van der Waals surface area contributed by atoms with E-state index in [4.69, 9.17) is 9.84 Å². The molecule has 0 bridgehead atoms. The van der Waals surface area contributed by atoms with Crippen LogP contribution >= 0.6 is 0 Å². The summed E-state index contributed by atoms with van der Waals surface area (Å²) < 4.78 is 5.76. The third-order valence-corrected chi connectivity index (χ3v) is 4.56. The van der Waals surface area contributed by atoms with E-state index >= 15 is 0 Å². The van der Waals surface area contributed by atoms with Crippen LogP contribution in [0.4, 0.5) is 0 Å².